The highest BCUT2D eigenvalue weighted by atomic mass is 35.5. The summed E-state index contributed by atoms with van der Waals surface area (Å²) in [5, 5.41) is 1.79. The molecule has 3 aromatic rings. The Morgan fingerprint density at radius 3 is 2.63 bits per heavy atom. The van der Waals surface area contributed by atoms with Crippen molar-refractivity contribution >= 4 is 38.8 Å². The molecule has 0 radical (unpaired) electrons. The first-order chi connectivity index (χ1) is 9.15. The summed E-state index contributed by atoms with van der Waals surface area (Å²) < 4.78 is 1.22. The van der Waals surface area contributed by atoms with E-state index in [1.54, 1.807) is 24.3 Å². The molecule has 1 nitrogen and oxygen atoms in total. The van der Waals surface area contributed by atoms with Crippen LogP contribution < -0.4 is 0 Å². The van der Waals surface area contributed by atoms with Crippen LogP contribution in [0.3, 0.4) is 0 Å². The van der Waals surface area contributed by atoms with Gasteiger partial charge in [-0.3, -0.25) is 4.79 Å². The van der Waals surface area contributed by atoms with Crippen molar-refractivity contribution < 1.29 is 4.79 Å². The highest BCUT2D eigenvalue weighted by Gasteiger charge is 2.12. The first-order valence-electron chi connectivity index (χ1n) is 5.94. The number of rotatable bonds is 2. The largest absolute Gasteiger partial charge is 0.294 e. The van der Waals surface area contributed by atoms with Crippen molar-refractivity contribution in [1.82, 2.24) is 0 Å². The lowest BCUT2D eigenvalue weighted by atomic mass is 10.0. The van der Waals surface area contributed by atoms with Gasteiger partial charge in [-0.15, -0.1) is 11.3 Å². The monoisotopic (exact) mass is 286 g/mol. The number of carbonyl (C=O) groups excluding carboxylic acids is 1. The van der Waals surface area contributed by atoms with Gasteiger partial charge in [-0.05, 0) is 36.6 Å². The molecular formula is C16H11ClOS. The zero-order valence-corrected chi connectivity index (χ0v) is 11.9. The van der Waals surface area contributed by atoms with E-state index in [1.807, 2.05) is 24.3 Å². The molecule has 0 saturated carbocycles. The maximum Gasteiger partial charge on any atom is 0.160 e. The second kappa shape index (κ2) is 4.80. The lowest BCUT2D eigenvalue weighted by Crippen LogP contribution is -1.94. The molecule has 19 heavy (non-hydrogen) atoms. The molecule has 3 rings (SSSR count). The molecule has 0 amide bonds. The number of Topliss-reactive ketones (excluding diaryl/α,β-unsaturated/α-hetero) is 1. The molecule has 0 bridgehead atoms. The smallest absolute Gasteiger partial charge is 0.160 e. The summed E-state index contributed by atoms with van der Waals surface area (Å²) in [4.78, 5) is 12.9. The fourth-order valence-electron chi connectivity index (χ4n) is 2.14. The number of thiophene rings is 1. The van der Waals surface area contributed by atoms with Crippen molar-refractivity contribution in [2.24, 2.45) is 0 Å². The number of hydrogen-bond donors (Lipinski definition) is 0. The highest BCUT2D eigenvalue weighted by Crippen LogP contribution is 2.36. The molecule has 2 aromatic carbocycles. The van der Waals surface area contributed by atoms with Crippen molar-refractivity contribution in [1.29, 1.82) is 0 Å². The van der Waals surface area contributed by atoms with Crippen molar-refractivity contribution in [2.75, 3.05) is 0 Å². The summed E-state index contributed by atoms with van der Waals surface area (Å²) in [5.74, 6) is 0.0370. The second-order valence-electron chi connectivity index (χ2n) is 4.39. The van der Waals surface area contributed by atoms with Gasteiger partial charge in [0.1, 0.15) is 0 Å². The molecule has 0 fully saturated rings. The third-order valence-corrected chi connectivity index (χ3v) is 4.44. The Hall–Kier alpha value is -1.64. The Bertz CT molecular complexity index is 740. The van der Waals surface area contributed by atoms with Crippen LogP contribution in [0.15, 0.2) is 48.5 Å². The zero-order chi connectivity index (χ0) is 13.4. The maximum absolute atomic E-state index is 11.8. The van der Waals surface area contributed by atoms with Crippen molar-refractivity contribution in [3.05, 3.63) is 59.1 Å². The van der Waals surface area contributed by atoms with Crippen LogP contribution in [0.1, 0.15) is 17.3 Å². The maximum atomic E-state index is 11.8. The fourth-order valence-corrected chi connectivity index (χ4v) is 3.41. The summed E-state index contributed by atoms with van der Waals surface area (Å²) in [6.45, 7) is 1.57. The normalized spacial score (nSPS) is 10.8. The minimum absolute atomic E-state index is 0.0370. The summed E-state index contributed by atoms with van der Waals surface area (Å²) in [6.07, 6.45) is 0. The zero-order valence-electron chi connectivity index (χ0n) is 10.3. The number of ketones is 1. The molecule has 0 spiro atoms. The van der Waals surface area contributed by atoms with Crippen LogP contribution in [0, 0.1) is 0 Å². The predicted molar refractivity (Wildman–Crippen MR) is 82.3 cm³/mol. The molecule has 1 aromatic heterocycles. The van der Waals surface area contributed by atoms with E-state index in [0.717, 1.165) is 10.4 Å². The molecule has 1 heterocycles. The number of benzene rings is 2. The summed E-state index contributed by atoms with van der Waals surface area (Å²) in [7, 11) is 0. The third-order valence-electron chi connectivity index (χ3n) is 3.05. The van der Waals surface area contributed by atoms with Gasteiger partial charge in [0.25, 0.3) is 0 Å². The first kappa shape index (κ1) is 12.4. The Morgan fingerprint density at radius 1 is 1.11 bits per heavy atom. The second-order valence-corrected chi connectivity index (χ2v) is 5.91. The van der Waals surface area contributed by atoms with Crippen LogP contribution in [-0.2, 0) is 0 Å². The van der Waals surface area contributed by atoms with Crippen LogP contribution in [0.5, 0.6) is 0 Å². The standard InChI is InChI=1S/C16H11ClOS/c1-10(18)14-9-12(17)6-7-13(14)16-8-11-4-2-3-5-15(11)19-16/h2-9H,1H3. The Balaban J connectivity index is 2.23. The number of hydrogen-bond acceptors (Lipinski definition) is 2. The average Bonchev–Trinajstić information content (AvgIpc) is 2.82. The average molecular weight is 287 g/mol. The van der Waals surface area contributed by atoms with Gasteiger partial charge in [-0.25, -0.2) is 0 Å². The van der Waals surface area contributed by atoms with Gasteiger partial charge in [0.05, 0.1) is 0 Å². The van der Waals surface area contributed by atoms with E-state index in [1.165, 1.54) is 10.1 Å². The van der Waals surface area contributed by atoms with E-state index < -0.39 is 0 Å². The van der Waals surface area contributed by atoms with Gasteiger partial charge in [-0.1, -0.05) is 35.9 Å². The van der Waals surface area contributed by atoms with E-state index in [0.29, 0.717) is 10.6 Å². The van der Waals surface area contributed by atoms with Crippen LogP contribution in [0.4, 0.5) is 0 Å². The summed E-state index contributed by atoms with van der Waals surface area (Å²) >= 11 is 7.67. The molecule has 0 aliphatic carbocycles. The number of halogens is 1. The Morgan fingerprint density at radius 2 is 1.89 bits per heavy atom. The quantitative estimate of drug-likeness (QED) is 0.575. The molecule has 0 unspecified atom stereocenters. The van der Waals surface area contributed by atoms with Crippen molar-refractivity contribution in [3.63, 3.8) is 0 Å². The topological polar surface area (TPSA) is 17.1 Å². The van der Waals surface area contributed by atoms with Crippen LogP contribution >= 0.6 is 22.9 Å². The Kier molecular flexibility index (Phi) is 3.13. The van der Waals surface area contributed by atoms with E-state index in [-0.39, 0.29) is 5.78 Å². The van der Waals surface area contributed by atoms with Gasteiger partial charge in [0.15, 0.2) is 5.78 Å². The predicted octanol–water partition coefficient (Wildman–Crippen LogP) is 5.42. The van der Waals surface area contributed by atoms with Crippen molar-refractivity contribution in [3.8, 4) is 10.4 Å². The molecule has 3 heteroatoms. The lowest BCUT2D eigenvalue weighted by molar-refractivity contribution is 0.101. The SMILES string of the molecule is CC(=O)c1cc(Cl)ccc1-c1cc2ccccc2s1. The minimum Gasteiger partial charge on any atom is -0.294 e. The summed E-state index contributed by atoms with van der Waals surface area (Å²) in [5.41, 5.74) is 1.64. The summed E-state index contributed by atoms with van der Waals surface area (Å²) in [6, 6.07) is 15.8. The Labute approximate surface area is 120 Å². The van der Waals surface area contributed by atoms with Gasteiger partial charge >= 0.3 is 0 Å². The van der Waals surface area contributed by atoms with Crippen LogP contribution in [0.2, 0.25) is 5.02 Å². The molecule has 0 aliphatic heterocycles. The third kappa shape index (κ3) is 2.29. The molecule has 0 atom stereocenters. The minimum atomic E-state index is 0.0370. The van der Waals surface area contributed by atoms with Gasteiger partial charge < -0.3 is 0 Å². The van der Waals surface area contributed by atoms with Crippen molar-refractivity contribution in [2.45, 2.75) is 6.92 Å². The van der Waals surface area contributed by atoms with Gasteiger partial charge in [-0.2, -0.15) is 0 Å². The molecular weight excluding hydrogens is 276 g/mol. The van der Waals surface area contributed by atoms with E-state index >= 15 is 0 Å². The molecule has 0 aliphatic rings. The highest BCUT2D eigenvalue weighted by molar-refractivity contribution is 7.22. The van der Waals surface area contributed by atoms with Crippen LogP contribution in [0.25, 0.3) is 20.5 Å². The van der Waals surface area contributed by atoms with E-state index in [2.05, 4.69) is 18.2 Å². The van der Waals surface area contributed by atoms with E-state index in [9.17, 15) is 4.79 Å². The van der Waals surface area contributed by atoms with Crippen LogP contribution in [-0.4, -0.2) is 5.78 Å². The molecule has 0 N–H and O–H groups in total. The van der Waals surface area contributed by atoms with Gasteiger partial charge in [0.2, 0.25) is 0 Å². The molecule has 94 valence electrons. The number of fused-ring (bicyclic) bond motifs is 1. The van der Waals surface area contributed by atoms with Gasteiger partial charge in [0, 0.05) is 25.7 Å². The van der Waals surface area contributed by atoms with E-state index in [4.69, 9.17) is 11.6 Å². The fraction of sp³-hybridized carbons (Fsp3) is 0.0625. The first-order valence-corrected chi connectivity index (χ1v) is 7.14. The lowest BCUT2D eigenvalue weighted by Gasteiger charge is -2.05. The molecule has 0 saturated heterocycles. The number of carbonyl (C=O) groups is 1.